The van der Waals surface area contributed by atoms with E-state index in [9.17, 15) is 0 Å². The molecule has 1 fully saturated rings. The summed E-state index contributed by atoms with van der Waals surface area (Å²) in [5.41, 5.74) is 0. The topological polar surface area (TPSA) is 47.6 Å². The van der Waals surface area contributed by atoms with Gasteiger partial charge < -0.3 is 0 Å². The second kappa shape index (κ2) is 2.11. The highest BCUT2D eigenvalue weighted by Crippen LogP contribution is 2.52. The minimum atomic E-state index is 0.00347. The molecular weight excluding hydrogens is 111 g/mol. The fourth-order valence-corrected chi connectivity index (χ4v) is 0.810. The molecule has 3 heteroatoms. The molecule has 1 radical (unpaired) electrons. The molecule has 43 valence electrons. The molecule has 0 N–H and O–H groups in total. The normalized spacial score (nSPS) is 18.9. The van der Waals surface area contributed by atoms with Crippen molar-refractivity contribution in [2.24, 2.45) is 0 Å². The first kappa shape index (κ1) is 6.17. The summed E-state index contributed by atoms with van der Waals surface area (Å²) in [4.78, 5) is 0. The quantitative estimate of drug-likeness (QED) is 0.508. The molecule has 0 amide bonds. The van der Waals surface area contributed by atoms with E-state index in [1.165, 1.54) is 0 Å². The molecule has 0 saturated carbocycles. The highest BCUT2D eigenvalue weighted by Gasteiger charge is 2.42. The van der Waals surface area contributed by atoms with Gasteiger partial charge in [-0.2, -0.15) is 10.5 Å². The van der Waals surface area contributed by atoms with Crippen molar-refractivity contribution >= 4 is 7.28 Å². The van der Waals surface area contributed by atoms with E-state index in [0.29, 0.717) is 12.8 Å². The van der Waals surface area contributed by atoms with Crippen LogP contribution in [-0.4, -0.2) is 7.28 Å². The van der Waals surface area contributed by atoms with Gasteiger partial charge in [-0.15, -0.1) is 0 Å². The highest BCUT2D eigenvalue weighted by atomic mass is 14.4. The van der Waals surface area contributed by atoms with Crippen LogP contribution in [0.25, 0.3) is 0 Å². The number of nitrogens with zero attached hydrogens (tertiary/aromatic N) is 2. The van der Waals surface area contributed by atoms with E-state index in [2.05, 4.69) is 12.1 Å². The summed E-state index contributed by atoms with van der Waals surface area (Å²) in [5, 5.41) is 16.6. The molecule has 0 aromatic carbocycles. The lowest BCUT2D eigenvalue weighted by atomic mass is 9.83. The Hall–Kier alpha value is -0.955. The van der Waals surface area contributed by atoms with Gasteiger partial charge in [0.25, 0.3) is 0 Å². The van der Waals surface area contributed by atoms with Crippen LogP contribution in [0.1, 0.15) is 12.8 Å². The zero-order valence-corrected chi connectivity index (χ0v) is 5.09. The summed E-state index contributed by atoms with van der Waals surface area (Å²) in [5.74, 6) is 0. The van der Waals surface area contributed by atoms with Gasteiger partial charge in [0.1, 0.15) is 7.28 Å². The summed E-state index contributed by atoms with van der Waals surface area (Å²) in [6, 6.07) is 4.15. The largest absolute Gasteiger partial charge is 0.198 e. The van der Waals surface area contributed by atoms with Crippen molar-refractivity contribution in [1.29, 1.82) is 10.5 Å². The van der Waals surface area contributed by atoms with Gasteiger partial charge in [0.05, 0.1) is 12.1 Å². The second-order valence-electron chi connectivity index (χ2n) is 2.44. The lowest BCUT2D eigenvalue weighted by Gasteiger charge is -2.01. The second-order valence-corrected chi connectivity index (χ2v) is 2.44. The molecule has 9 heavy (non-hydrogen) atoms. The van der Waals surface area contributed by atoms with Crippen molar-refractivity contribution < 1.29 is 0 Å². The van der Waals surface area contributed by atoms with Gasteiger partial charge in [0, 0.05) is 12.8 Å². The SMILES string of the molecule is N#CCC1(CC#N)[B]C1. The average Bonchev–Trinajstić information content (AvgIpc) is 2.51. The molecule has 2 nitrogen and oxygen atoms in total. The van der Waals surface area contributed by atoms with Crippen LogP contribution in [-0.2, 0) is 0 Å². The third kappa shape index (κ3) is 1.24. The lowest BCUT2D eigenvalue weighted by molar-refractivity contribution is 0.727. The fraction of sp³-hybridized carbons (Fsp3) is 0.667. The molecule has 0 aromatic heterocycles. The molecule has 0 bridgehead atoms. The monoisotopic (exact) mass is 117 g/mol. The lowest BCUT2D eigenvalue weighted by Crippen LogP contribution is -1.89. The van der Waals surface area contributed by atoms with E-state index in [1.54, 1.807) is 0 Å². The first-order valence-corrected chi connectivity index (χ1v) is 2.91. The minimum absolute atomic E-state index is 0.00347. The summed E-state index contributed by atoms with van der Waals surface area (Å²) in [7, 11) is 2.04. The Balaban J connectivity index is 2.38. The van der Waals surface area contributed by atoms with Crippen LogP contribution in [0, 0.1) is 22.7 Å². The summed E-state index contributed by atoms with van der Waals surface area (Å²) >= 11 is 0. The Labute approximate surface area is 55.3 Å². The zero-order valence-electron chi connectivity index (χ0n) is 5.09. The van der Waals surface area contributed by atoms with Gasteiger partial charge >= 0.3 is 0 Å². The average molecular weight is 117 g/mol. The Kier molecular flexibility index (Phi) is 1.45. The van der Waals surface area contributed by atoms with E-state index >= 15 is 0 Å². The molecule has 1 rings (SSSR count). The molecule has 1 saturated heterocycles. The maximum atomic E-state index is 8.29. The van der Waals surface area contributed by atoms with Crippen molar-refractivity contribution in [2.75, 3.05) is 0 Å². The molecular formula is C6H6BN2. The molecule has 0 spiro atoms. The van der Waals surface area contributed by atoms with Crippen LogP contribution in [0.4, 0.5) is 0 Å². The first-order chi connectivity index (χ1) is 4.33. The smallest absolute Gasteiger partial charge is 0.119 e. The maximum Gasteiger partial charge on any atom is 0.119 e. The van der Waals surface area contributed by atoms with Gasteiger partial charge in [-0.1, -0.05) is 6.32 Å². The molecule has 0 unspecified atom stereocenters. The van der Waals surface area contributed by atoms with Crippen LogP contribution in [0.2, 0.25) is 11.6 Å². The van der Waals surface area contributed by atoms with Crippen molar-refractivity contribution in [3.63, 3.8) is 0 Å². The third-order valence-electron chi connectivity index (χ3n) is 1.64. The Morgan fingerprint density at radius 3 is 2.00 bits per heavy atom. The van der Waals surface area contributed by atoms with Gasteiger partial charge in [0.15, 0.2) is 0 Å². The summed E-state index contributed by atoms with van der Waals surface area (Å²) < 4.78 is 0. The van der Waals surface area contributed by atoms with Crippen molar-refractivity contribution in [1.82, 2.24) is 0 Å². The van der Waals surface area contributed by atoms with Crippen molar-refractivity contribution in [2.45, 2.75) is 24.5 Å². The molecule has 1 aliphatic rings. The van der Waals surface area contributed by atoms with E-state index in [-0.39, 0.29) is 5.31 Å². The fourth-order valence-electron chi connectivity index (χ4n) is 0.810. The number of hydrogen-bond donors (Lipinski definition) is 0. The third-order valence-corrected chi connectivity index (χ3v) is 1.64. The Bertz CT molecular complexity index is 164. The Morgan fingerprint density at radius 2 is 1.78 bits per heavy atom. The van der Waals surface area contributed by atoms with Gasteiger partial charge in [-0.3, -0.25) is 0 Å². The van der Waals surface area contributed by atoms with Crippen molar-refractivity contribution in [3.8, 4) is 12.1 Å². The van der Waals surface area contributed by atoms with Gasteiger partial charge in [0.2, 0.25) is 0 Å². The predicted octanol–water partition coefficient (Wildman–Crippen LogP) is 1.11. The van der Waals surface area contributed by atoms with E-state index in [4.69, 9.17) is 10.5 Å². The van der Waals surface area contributed by atoms with Crippen LogP contribution in [0.15, 0.2) is 0 Å². The number of hydrogen-bond acceptors (Lipinski definition) is 2. The Morgan fingerprint density at radius 1 is 1.33 bits per heavy atom. The molecule has 0 aliphatic carbocycles. The molecule has 0 aromatic rings. The van der Waals surface area contributed by atoms with Crippen LogP contribution in [0.5, 0.6) is 0 Å². The molecule has 1 heterocycles. The van der Waals surface area contributed by atoms with Crippen LogP contribution < -0.4 is 0 Å². The van der Waals surface area contributed by atoms with E-state index in [0.717, 1.165) is 6.32 Å². The first-order valence-electron chi connectivity index (χ1n) is 2.91. The summed E-state index contributed by atoms with van der Waals surface area (Å²) in [6.07, 6.45) is 1.98. The highest BCUT2D eigenvalue weighted by molar-refractivity contribution is 6.54. The molecule has 1 aliphatic heterocycles. The minimum Gasteiger partial charge on any atom is -0.198 e. The zero-order chi connectivity index (χ0) is 6.74. The van der Waals surface area contributed by atoms with Gasteiger partial charge in [-0.25, -0.2) is 0 Å². The number of nitriles is 2. The predicted molar refractivity (Wildman–Crippen MR) is 33.7 cm³/mol. The standard InChI is InChI=1S/C6H6BN2/c8-3-1-6(2-4-9)5-7-6/h1-2,5H2. The summed E-state index contributed by atoms with van der Waals surface area (Å²) in [6.45, 7) is 0. The molecule has 0 atom stereocenters. The van der Waals surface area contributed by atoms with Crippen LogP contribution in [0.3, 0.4) is 0 Å². The van der Waals surface area contributed by atoms with E-state index < -0.39 is 0 Å². The van der Waals surface area contributed by atoms with Crippen molar-refractivity contribution in [3.05, 3.63) is 0 Å². The van der Waals surface area contributed by atoms with E-state index in [1.807, 2.05) is 7.28 Å². The number of rotatable bonds is 2. The maximum absolute atomic E-state index is 8.29. The van der Waals surface area contributed by atoms with Crippen LogP contribution >= 0.6 is 0 Å². The van der Waals surface area contributed by atoms with Gasteiger partial charge in [-0.05, 0) is 5.31 Å².